The van der Waals surface area contributed by atoms with Crippen LogP contribution in [0.2, 0.25) is 0 Å². The Morgan fingerprint density at radius 3 is 2.12 bits per heavy atom. The minimum atomic E-state index is -0.343. The van der Waals surface area contributed by atoms with E-state index in [4.69, 9.17) is 0 Å². The number of nitrogens with zero attached hydrogens (tertiary/aromatic N) is 1. The largest absolute Gasteiger partial charge is 0.270 e. The molecule has 3 aromatic rings. The number of hydrogen-bond donors (Lipinski definition) is 0. The van der Waals surface area contributed by atoms with Crippen molar-refractivity contribution >= 4 is 17.4 Å². The molecule has 0 unspecified atom stereocenters. The summed E-state index contributed by atoms with van der Waals surface area (Å²) in [5.74, 6) is 0. The summed E-state index contributed by atoms with van der Waals surface area (Å²) in [7, 11) is 0. The molecule has 3 rings (SSSR count). The molecule has 0 saturated heterocycles. The van der Waals surface area contributed by atoms with E-state index in [1.54, 1.807) is 23.9 Å². The molecule has 0 saturated carbocycles. The average molecular weight is 335 g/mol. The van der Waals surface area contributed by atoms with E-state index in [9.17, 15) is 10.1 Å². The van der Waals surface area contributed by atoms with Gasteiger partial charge < -0.3 is 0 Å². The van der Waals surface area contributed by atoms with Crippen molar-refractivity contribution in [3.63, 3.8) is 0 Å². The number of non-ortho nitro benzene ring substituents is 1. The van der Waals surface area contributed by atoms with Crippen molar-refractivity contribution in [2.45, 2.75) is 23.6 Å². The maximum absolute atomic E-state index is 11.2. The van der Waals surface area contributed by atoms with Gasteiger partial charge >= 0.3 is 0 Å². The molecule has 0 amide bonds. The highest BCUT2D eigenvalue weighted by Gasteiger charge is 2.15. The monoisotopic (exact) mass is 335 g/mol. The van der Waals surface area contributed by atoms with Gasteiger partial charge in [0.25, 0.3) is 5.69 Å². The van der Waals surface area contributed by atoms with Gasteiger partial charge in [-0.15, -0.1) is 0 Å². The molecule has 0 fully saturated rings. The minimum Gasteiger partial charge on any atom is -0.258 e. The summed E-state index contributed by atoms with van der Waals surface area (Å²) in [4.78, 5) is 13.0. The highest BCUT2D eigenvalue weighted by molar-refractivity contribution is 7.99. The van der Waals surface area contributed by atoms with Gasteiger partial charge in [0.1, 0.15) is 0 Å². The molecular formula is C20H17NO2S. The predicted molar refractivity (Wildman–Crippen MR) is 98.6 cm³/mol. The lowest BCUT2D eigenvalue weighted by atomic mass is 10.0. The van der Waals surface area contributed by atoms with Gasteiger partial charge in [0.2, 0.25) is 0 Å². The van der Waals surface area contributed by atoms with Gasteiger partial charge in [-0.05, 0) is 42.7 Å². The van der Waals surface area contributed by atoms with Gasteiger partial charge in [-0.25, -0.2) is 0 Å². The second-order valence-corrected chi connectivity index (χ2v) is 6.70. The summed E-state index contributed by atoms with van der Waals surface area (Å²) >= 11 is 1.64. The molecule has 120 valence electrons. The van der Waals surface area contributed by atoms with E-state index >= 15 is 0 Å². The molecule has 0 aliphatic heterocycles. The summed E-state index contributed by atoms with van der Waals surface area (Å²) in [5, 5.41) is 11.2. The zero-order valence-electron chi connectivity index (χ0n) is 13.5. The van der Waals surface area contributed by atoms with E-state index in [2.05, 4.69) is 19.1 Å². The van der Waals surface area contributed by atoms with Crippen LogP contribution in [0.4, 0.5) is 5.69 Å². The van der Waals surface area contributed by atoms with Gasteiger partial charge in [-0.1, -0.05) is 54.2 Å². The number of nitro benzene ring substituents is 1. The van der Waals surface area contributed by atoms with Crippen LogP contribution in [0.1, 0.15) is 11.1 Å². The van der Waals surface area contributed by atoms with Gasteiger partial charge in [0.15, 0.2) is 0 Å². The van der Waals surface area contributed by atoms with Crippen molar-refractivity contribution in [3.8, 4) is 11.1 Å². The third-order valence-electron chi connectivity index (χ3n) is 3.92. The average Bonchev–Trinajstić information content (AvgIpc) is 2.58. The maximum atomic E-state index is 11.2. The molecule has 3 aromatic carbocycles. The van der Waals surface area contributed by atoms with Crippen molar-refractivity contribution in [3.05, 3.63) is 88.0 Å². The Kier molecular flexibility index (Phi) is 4.67. The van der Waals surface area contributed by atoms with Crippen LogP contribution in [-0.2, 0) is 0 Å². The molecule has 0 N–H and O–H groups in total. The predicted octanol–water partition coefficient (Wildman–Crippen LogP) is 6.03. The third kappa shape index (κ3) is 3.34. The summed E-state index contributed by atoms with van der Waals surface area (Å²) in [6.45, 7) is 4.09. The minimum absolute atomic E-state index is 0.113. The molecule has 0 spiro atoms. The van der Waals surface area contributed by atoms with Gasteiger partial charge in [0, 0.05) is 27.5 Å². The van der Waals surface area contributed by atoms with Crippen LogP contribution in [0.3, 0.4) is 0 Å². The van der Waals surface area contributed by atoms with Gasteiger partial charge in [-0.2, -0.15) is 0 Å². The quantitative estimate of drug-likeness (QED) is 0.432. The van der Waals surface area contributed by atoms with Crippen molar-refractivity contribution < 1.29 is 4.92 Å². The van der Waals surface area contributed by atoms with E-state index < -0.39 is 0 Å². The number of rotatable bonds is 4. The molecule has 0 radical (unpaired) electrons. The van der Waals surface area contributed by atoms with E-state index in [0.29, 0.717) is 0 Å². The van der Waals surface area contributed by atoms with Crippen LogP contribution in [0.5, 0.6) is 0 Å². The first kappa shape index (κ1) is 16.3. The number of benzene rings is 3. The van der Waals surface area contributed by atoms with Crippen molar-refractivity contribution in [2.24, 2.45) is 0 Å². The molecule has 0 aromatic heterocycles. The molecule has 24 heavy (non-hydrogen) atoms. The first-order chi connectivity index (χ1) is 11.6. The first-order valence-electron chi connectivity index (χ1n) is 7.64. The fourth-order valence-electron chi connectivity index (χ4n) is 2.60. The summed E-state index contributed by atoms with van der Waals surface area (Å²) in [6.07, 6.45) is 0. The Morgan fingerprint density at radius 1 is 0.792 bits per heavy atom. The van der Waals surface area contributed by atoms with Crippen LogP contribution in [0, 0.1) is 24.0 Å². The molecule has 4 heteroatoms. The second-order valence-electron chi connectivity index (χ2n) is 5.62. The number of aryl methyl sites for hydroxylation is 2. The smallest absolute Gasteiger partial charge is 0.258 e. The SMILES string of the molecule is Cc1ccccc1Sc1ccc([N+](=O)[O-])cc1-c1ccccc1C. The fourth-order valence-corrected chi connectivity index (χ4v) is 3.62. The lowest BCUT2D eigenvalue weighted by Gasteiger charge is -2.13. The Labute approximate surface area is 145 Å². The van der Waals surface area contributed by atoms with Crippen LogP contribution in [0.15, 0.2) is 76.5 Å². The summed E-state index contributed by atoms with van der Waals surface area (Å²) in [6, 6.07) is 21.2. The van der Waals surface area contributed by atoms with Crippen LogP contribution in [0.25, 0.3) is 11.1 Å². The Morgan fingerprint density at radius 2 is 1.46 bits per heavy atom. The number of hydrogen-bond acceptors (Lipinski definition) is 3. The molecule has 0 bridgehead atoms. The zero-order valence-corrected chi connectivity index (χ0v) is 14.3. The van der Waals surface area contributed by atoms with E-state index in [1.807, 2.05) is 49.4 Å². The molecule has 0 aliphatic rings. The van der Waals surface area contributed by atoms with E-state index in [0.717, 1.165) is 26.5 Å². The lowest BCUT2D eigenvalue weighted by molar-refractivity contribution is -0.384. The van der Waals surface area contributed by atoms with Gasteiger partial charge in [0.05, 0.1) is 4.92 Å². The topological polar surface area (TPSA) is 43.1 Å². The van der Waals surface area contributed by atoms with Crippen molar-refractivity contribution in [2.75, 3.05) is 0 Å². The Hall–Kier alpha value is -2.59. The molecule has 0 atom stereocenters. The van der Waals surface area contributed by atoms with Crippen LogP contribution in [-0.4, -0.2) is 4.92 Å². The van der Waals surface area contributed by atoms with Crippen LogP contribution < -0.4 is 0 Å². The Balaban J connectivity index is 2.14. The van der Waals surface area contributed by atoms with Crippen molar-refractivity contribution in [1.82, 2.24) is 0 Å². The molecular weight excluding hydrogens is 318 g/mol. The first-order valence-corrected chi connectivity index (χ1v) is 8.46. The molecule has 3 nitrogen and oxygen atoms in total. The normalized spacial score (nSPS) is 10.6. The highest BCUT2D eigenvalue weighted by atomic mass is 32.2. The molecule has 0 heterocycles. The van der Waals surface area contributed by atoms with Gasteiger partial charge in [-0.3, -0.25) is 10.1 Å². The summed E-state index contributed by atoms with van der Waals surface area (Å²) < 4.78 is 0. The zero-order chi connectivity index (χ0) is 17.1. The second kappa shape index (κ2) is 6.89. The maximum Gasteiger partial charge on any atom is 0.270 e. The molecule has 0 aliphatic carbocycles. The van der Waals surface area contributed by atoms with E-state index in [-0.39, 0.29) is 10.6 Å². The standard InChI is InChI=1S/C20H17NO2S/c1-14-7-3-5-9-17(14)18-13-16(21(22)23)11-12-20(18)24-19-10-6-4-8-15(19)2/h3-13H,1-2H3. The van der Waals surface area contributed by atoms with E-state index in [1.165, 1.54) is 5.56 Å². The Bertz CT molecular complexity index is 906. The number of nitro groups is 1. The highest BCUT2D eigenvalue weighted by Crippen LogP contribution is 2.40. The third-order valence-corrected chi connectivity index (χ3v) is 5.18. The summed E-state index contributed by atoms with van der Waals surface area (Å²) in [5.41, 5.74) is 4.33. The fraction of sp³-hybridized carbons (Fsp3) is 0.100. The van der Waals surface area contributed by atoms with Crippen molar-refractivity contribution in [1.29, 1.82) is 0 Å². The van der Waals surface area contributed by atoms with Crippen LogP contribution >= 0.6 is 11.8 Å². The lowest BCUT2D eigenvalue weighted by Crippen LogP contribution is -1.92.